The van der Waals surface area contributed by atoms with Gasteiger partial charge >= 0.3 is 5.97 Å². The molecule has 3 rings (SSSR count). The van der Waals surface area contributed by atoms with Gasteiger partial charge in [0.05, 0.1) is 12.3 Å². The van der Waals surface area contributed by atoms with E-state index in [0.29, 0.717) is 18.6 Å². The molecule has 6 heteroatoms. The first-order valence-electron chi connectivity index (χ1n) is 9.16. The van der Waals surface area contributed by atoms with Crippen LogP contribution in [0.25, 0.3) is 0 Å². The average Bonchev–Trinajstić information content (AvgIpc) is 3.05. The molecule has 3 unspecified atom stereocenters. The molecule has 0 bridgehead atoms. The lowest BCUT2D eigenvalue weighted by atomic mass is 9.78. The maximum atomic E-state index is 11.7. The van der Waals surface area contributed by atoms with Crippen molar-refractivity contribution in [2.75, 3.05) is 19.7 Å². The topological polar surface area (TPSA) is 73.4 Å². The summed E-state index contributed by atoms with van der Waals surface area (Å²) in [5.41, 5.74) is 9.65. The molecule has 1 aromatic rings. The molecular weight excluding hydrogens is 304 g/mol. The Kier molecular flexibility index (Phi) is 5.25. The highest BCUT2D eigenvalue weighted by atomic mass is 16.5. The van der Waals surface area contributed by atoms with E-state index in [1.807, 2.05) is 20.8 Å². The minimum atomic E-state index is -0.229. The molecule has 2 heterocycles. The molecule has 2 fully saturated rings. The third-order valence-corrected chi connectivity index (χ3v) is 5.73. The lowest BCUT2D eigenvalue weighted by Crippen LogP contribution is -2.38. The van der Waals surface area contributed by atoms with E-state index in [4.69, 9.17) is 10.5 Å². The lowest BCUT2D eigenvalue weighted by Gasteiger charge is -2.29. The maximum Gasteiger partial charge on any atom is 0.327 e. The zero-order valence-corrected chi connectivity index (χ0v) is 15.1. The van der Waals surface area contributed by atoms with Crippen LogP contribution in [0.3, 0.4) is 0 Å². The van der Waals surface area contributed by atoms with Crippen LogP contribution in [0.2, 0.25) is 0 Å². The van der Waals surface area contributed by atoms with Gasteiger partial charge in [0.2, 0.25) is 0 Å². The summed E-state index contributed by atoms with van der Waals surface area (Å²) in [6.45, 7) is 9.62. The number of nitrogens with zero attached hydrogens (tertiary/aromatic N) is 3. The van der Waals surface area contributed by atoms with Crippen molar-refractivity contribution in [3.8, 4) is 0 Å². The van der Waals surface area contributed by atoms with Crippen LogP contribution in [-0.2, 0) is 22.6 Å². The highest BCUT2D eigenvalue weighted by Crippen LogP contribution is 2.36. The Morgan fingerprint density at radius 3 is 2.83 bits per heavy atom. The molecule has 134 valence electrons. The van der Waals surface area contributed by atoms with Crippen LogP contribution in [-0.4, -0.2) is 46.4 Å². The SMILES string of the molecule is CCOC(=O)Cn1nc(C)c(CN2CC3CCCC(N)C3C2)c1C. The second kappa shape index (κ2) is 7.23. The Bertz CT molecular complexity index is 598. The number of hydrogen-bond donors (Lipinski definition) is 1. The Morgan fingerprint density at radius 1 is 1.33 bits per heavy atom. The van der Waals surface area contributed by atoms with Gasteiger partial charge in [-0.25, -0.2) is 0 Å². The summed E-state index contributed by atoms with van der Waals surface area (Å²) in [4.78, 5) is 14.2. The van der Waals surface area contributed by atoms with Crippen LogP contribution >= 0.6 is 0 Å². The Morgan fingerprint density at radius 2 is 2.12 bits per heavy atom. The van der Waals surface area contributed by atoms with Crippen molar-refractivity contribution in [1.82, 2.24) is 14.7 Å². The van der Waals surface area contributed by atoms with Crippen molar-refractivity contribution in [2.24, 2.45) is 17.6 Å². The number of esters is 1. The van der Waals surface area contributed by atoms with Crippen molar-refractivity contribution in [1.29, 1.82) is 0 Å². The fraction of sp³-hybridized carbons (Fsp3) is 0.778. The third-order valence-electron chi connectivity index (χ3n) is 5.73. The van der Waals surface area contributed by atoms with Gasteiger partial charge in [0.1, 0.15) is 6.54 Å². The molecule has 1 saturated carbocycles. The van der Waals surface area contributed by atoms with Crippen molar-refractivity contribution < 1.29 is 9.53 Å². The van der Waals surface area contributed by atoms with Gasteiger partial charge < -0.3 is 10.5 Å². The van der Waals surface area contributed by atoms with E-state index in [-0.39, 0.29) is 12.5 Å². The van der Waals surface area contributed by atoms with Crippen molar-refractivity contribution in [2.45, 2.75) is 59.2 Å². The third kappa shape index (κ3) is 3.49. The van der Waals surface area contributed by atoms with Gasteiger partial charge in [0.25, 0.3) is 0 Å². The molecular formula is C18H30N4O2. The number of fused-ring (bicyclic) bond motifs is 1. The normalized spacial score (nSPS) is 27.2. The first-order valence-corrected chi connectivity index (χ1v) is 9.16. The zero-order valence-electron chi connectivity index (χ0n) is 15.1. The average molecular weight is 334 g/mol. The number of ether oxygens (including phenoxy) is 1. The first kappa shape index (κ1) is 17.4. The van der Waals surface area contributed by atoms with E-state index in [1.54, 1.807) is 4.68 Å². The second-order valence-electron chi connectivity index (χ2n) is 7.32. The molecule has 0 radical (unpaired) electrons. The molecule has 2 aliphatic rings. The second-order valence-corrected chi connectivity index (χ2v) is 7.32. The minimum absolute atomic E-state index is 0.191. The fourth-order valence-corrected chi connectivity index (χ4v) is 4.41. The number of rotatable bonds is 5. The highest BCUT2D eigenvalue weighted by molar-refractivity contribution is 5.69. The highest BCUT2D eigenvalue weighted by Gasteiger charge is 2.38. The zero-order chi connectivity index (χ0) is 17.3. The number of nitrogens with two attached hydrogens (primary N) is 1. The van der Waals surface area contributed by atoms with E-state index in [0.717, 1.165) is 36.9 Å². The maximum absolute atomic E-state index is 11.7. The van der Waals surface area contributed by atoms with Crippen LogP contribution < -0.4 is 5.73 Å². The quantitative estimate of drug-likeness (QED) is 0.829. The van der Waals surface area contributed by atoms with Crippen LogP contribution in [0, 0.1) is 25.7 Å². The lowest BCUT2D eigenvalue weighted by molar-refractivity contribution is -0.144. The molecule has 24 heavy (non-hydrogen) atoms. The van der Waals surface area contributed by atoms with Gasteiger partial charge in [-0.05, 0) is 45.4 Å². The predicted octanol–water partition coefficient (Wildman–Crippen LogP) is 1.62. The molecule has 1 aliphatic heterocycles. The first-order chi connectivity index (χ1) is 11.5. The van der Waals surface area contributed by atoms with E-state index in [9.17, 15) is 4.79 Å². The van der Waals surface area contributed by atoms with Crippen molar-refractivity contribution in [3.63, 3.8) is 0 Å². The minimum Gasteiger partial charge on any atom is -0.465 e. The molecule has 0 amide bonds. The molecule has 1 aliphatic carbocycles. The molecule has 1 saturated heterocycles. The molecule has 6 nitrogen and oxygen atoms in total. The predicted molar refractivity (Wildman–Crippen MR) is 92.4 cm³/mol. The monoisotopic (exact) mass is 334 g/mol. The van der Waals surface area contributed by atoms with Gasteiger partial charge in [-0.15, -0.1) is 0 Å². The van der Waals surface area contributed by atoms with Crippen molar-refractivity contribution >= 4 is 5.97 Å². The van der Waals surface area contributed by atoms with Gasteiger partial charge in [0, 0.05) is 36.9 Å². The number of aryl methyl sites for hydroxylation is 1. The van der Waals surface area contributed by atoms with E-state index in [1.165, 1.54) is 24.8 Å². The van der Waals surface area contributed by atoms with E-state index < -0.39 is 0 Å². The summed E-state index contributed by atoms with van der Waals surface area (Å²) in [5.74, 6) is 1.17. The summed E-state index contributed by atoms with van der Waals surface area (Å²) in [6.07, 6.45) is 3.76. The number of hydrogen-bond acceptors (Lipinski definition) is 5. The molecule has 2 N–H and O–H groups in total. The van der Waals surface area contributed by atoms with E-state index >= 15 is 0 Å². The molecule has 0 aromatic carbocycles. The van der Waals surface area contributed by atoms with Gasteiger partial charge in [-0.2, -0.15) is 5.10 Å². The molecule has 1 aromatic heterocycles. The van der Waals surface area contributed by atoms with Crippen LogP contribution in [0.5, 0.6) is 0 Å². The van der Waals surface area contributed by atoms with Crippen LogP contribution in [0.15, 0.2) is 0 Å². The summed E-state index contributed by atoms with van der Waals surface area (Å²) < 4.78 is 6.81. The van der Waals surface area contributed by atoms with E-state index in [2.05, 4.69) is 10.00 Å². The summed E-state index contributed by atoms with van der Waals surface area (Å²) in [5, 5.41) is 4.54. The van der Waals surface area contributed by atoms with Gasteiger partial charge in [-0.3, -0.25) is 14.4 Å². The number of carbonyl (C=O) groups is 1. The Labute approximate surface area is 144 Å². The Hall–Kier alpha value is -1.40. The largest absolute Gasteiger partial charge is 0.465 e. The molecule has 0 spiro atoms. The van der Waals surface area contributed by atoms with Crippen molar-refractivity contribution in [3.05, 3.63) is 17.0 Å². The number of carbonyl (C=O) groups excluding carboxylic acids is 1. The van der Waals surface area contributed by atoms with Gasteiger partial charge in [-0.1, -0.05) is 6.42 Å². The van der Waals surface area contributed by atoms with Gasteiger partial charge in [0.15, 0.2) is 0 Å². The summed E-state index contributed by atoms with van der Waals surface area (Å²) in [7, 11) is 0. The summed E-state index contributed by atoms with van der Waals surface area (Å²) in [6, 6.07) is 0.363. The van der Waals surface area contributed by atoms with Crippen LogP contribution in [0.1, 0.15) is 43.1 Å². The summed E-state index contributed by atoms with van der Waals surface area (Å²) >= 11 is 0. The van der Waals surface area contributed by atoms with Crippen LogP contribution in [0.4, 0.5) is 0 Å². The fourth-order valence-electron chi connectivity index (χ4n) is 4.41. The molecule has 3 atom stereocenters. The Balaban J connectivity index is 1.67. The standard InChI is InChI=1S/C18H30N4O2/c1-4-24-18(23)11-22-13(3)15(12(2)20-22)9-21-8-14-6-5-7-17(19)16(14)10-21/h14,16-17H,4-11,19H2,1-3H3. The number of likely N-dealkylation sites (tertiary alicyclic amines) is 1. The number of aromatic nitrogens is 2. The smallest absolute Gasteiger partial charge is 0.327 e.